The summed E-state index contributed by atoms with van der Waals surface area (Å²) in [4.78, 5) is 85.0. The van der Waals surface area contributed by atoms with Crippen LogP contribution in [0.15, 0.2) is 72.8 Å². The molecule has 0 fully saturated rings. The number of benzene rings is 1. The number of carbonyl (C=O) groups excluding carboxylic acids is 6. The van der Waals surface area contributed by atoms with Crippen LogP contribution in [0.3, 0.4) is 0 Å². The van der Waals surface area contributed by atoms with Gasteiger partial charge in [0.15, 0.2) is 34.7 Å². The molecule has 54 heavy (non-hydrogen) atoms. The van der Waals surface area contributed by atoms with Gasteiger partial charge in [-0.2, -0.15) is 0 Å². The van der Waals surface area contributed by atoms with Crippen molar-refractivity contribution in [3.8, 4) is 62.6 Å². The molecule has 0 saturated heterocycles. The molecular formula is C42H30O6S6. The van der Waals surface area contributed by atoms with Gasteiger partial charge in [0, 0.05) is 62.6 Å². The van der Waals surface area contributed by atoms with E-state index in [0.29, 0.717) is 29.3 Å². The van der Waals surface area contributed by atoms with Crippen LogP contribution in [0.25, 0.3) is 62.6 Å². The highest BCUT2D eigenvalue weighted by Gasteiger charge is 2.33. The number of rotatable bonds is 12. The van der Waals surface area contributed by atoms with Gasteiger partial charge in [-0.25, -0.2) is 0 Å². The minimum atomic E-state index is -0.0829. The minimum Gasteiger partial charge on any atom is -0.294 e. The fourth-order valence-corrected chi connectivity index (χ4v) is 12.0. The van der Waals surface area contributed by atoms with Crippen LogP contribution in [0.2, 0.25) is 0 Å². The molecule has 1 aromatic carbocycles. The molecule has 6 heterocycles. The summed E-state index contributed by atoms with van der Waals surface area (Å²) in [5, 5.41) is 0. The van der Waals surface area contributed by atoms with E-state index in [4.69, 9.17) is 0 Å². The molecule has 0 radical (unpaired) electrons. The molecule has 0 aliphatic rings. The Morgan fingerprint density at radius 1 is 0.259 bits per heavy atom. The van der Waals surface area contributed by atoms with Gasteiger partial charge in [-0.05, 0) is 114 Å². The Balaban J connectivity index is 1.81. The van der Waals surface area contributed by atoms with E-state index in [1.54, 1.807) is 0 Å². The van der Waals surface area contributed by atoms with Crippen LogP contribution in [0.4, 0.5) is 0 Å². The second kappa shape index (κ2) is 14.9. The van der Waals surface area contributed by atoms with Crippen molar-refractivity contribution in [2.75, 3.05) is 0 Å². The summed E-state index contributed by atoms with van der Waals surface area (Å²) in [7, 11) is 0. The lowest BCUT2D eigenvalue weighted by molar-refractivity contribution is 0.101. The largest absolute Gasteiger partial charge is 0.294 e. The molecule has 0 atom stereocenters. The normalized spacial score (nSPS) is 11.2. The van der Waals surface area contributed by atoms with Crippen molar-refractivity contribution < 1.29 is 28.8 Å². The van der Waals surface area contributed by atoms with Crippen LogP contribution >= 0.6 is 68.0 Å². The minimum absolute atomic E-state index is 0.0829. The zero-order valence-electron chi connectivity index (χ0n) is 29.8. The zero-order chi connectivity index (χ0) is 38.6. The smallest absolute Gasteiger partial charge is 0.169 e. The molecule has 0 amide bonds. The Morgan fingerprint density at radius 2 is 0.389 bits per heavy atom. The second-order valence-corrected chi connectivity index (χ2v) is 19.1. The molecular weight excluding hydrogens is 793 g/mol. The number of ketones is 6. The van der Waals surface area contributed by atoms with Crippen LogP contribution in [0.5, 0.6) is 0 Å². The molecule has 6 aromatic heterocycles. The first-order valence-electron chi connectivity index (χ1n) is 16.6. The van der Waals surface area contributed by atoms with E-state index < -0.39 is 0 Å². The average molecular weight is 823 g/mol. The summed E-state index contributed by atoms with van der Waals surface area (Å²) in [6, 6.07) is 22.4. The predicted octanol–water partition coefficient (Wildman–Crippen LogP) is 13.3. The van der Waals surface area contributed by atoms with Crippen LogP contribution in [0.1, 0.15) is 99.6 Å². The predicted molar refractivity (Wildman–Crippen MR) is 226 cm³/mol. The van der Waals surface area contributed by atoms with E-state index in [9.17, 15) is 28.8 Å². The maximum Gasteiger partial charge on any atom is 0.169 e. The van der Waals surface area contributed by atoms with E-state index >= 15 is 0 Å². The lowest BCUT2D eigenvalue weighted by Crippen LogP contribution is -1.98. The van der Waals surface area contributed by atoms with Gasteiger partial charge in [0.25, 0.3) is 0 Å². The van der Waals surface area contributed by atoms with Crippen molar-refractivity contribution in [1.29, 1.82) is 0 Å². The molecule has 12 heteroatoms. The van der Waals surface area contributed by atoms with E-state index in [1.165, 1.54) is 110 Å². The summed E-state index contributed by atoms with van der Waals surface area (Å²) < 4.78 is 0. The second-order valence-electron chi connectivity index (χ2n) is 12.6. The van der Waals surface area contributed by atoms with E-state index in [2.05, 4.69) is 0 Å². The number of Topliss-reactive ketones (excluding diaryl/α,β-unsaturated/α-hetero) is 6. The molecule has 0 spiro atoms. The highest BCUT2D eigenvalue weighted by atomic mass is 32.1. The molecule has 0 aliphatic heterocycles. The summed E-state index contributed by atoms with van der Waals surface area (Å²) in [5.41, 5.74) is 4.72. The van der Waals surface area contributed by atoms with Gasteiger partial charge in [0.05, 0.1) is 29.3 Å². The SMILES string of the molecule is CC(=O)c1ccc(-c2c(-c3ccc(C(C)=O)s3)c(-c3ccc(C(C)=O)s3)c(-c3ccc(C(C)=O)s3)c(-c3ccc(C(C)=O)s3)c2-c2ccc(C(C)=O)s2)s1. The maximum atomic E-state index is 12.8. The summed E-state index contributed by atoms with van der Waals surface area (Å²) in [5.74, 6) is -0.497. The van der Waals surface area contributed by atoms with Crippen molar-refractivity contribution in [3.05, 3.63) is 102 Å². The molecule has 6 nitrogen and oxygen atoms in total. The van der Waals surface area contributed by atoms with Gasteiger partial charge in [-0.15, -0.1) is 68.0 Å². The van der Waals surface area contributed by atoms with Gasteiger partial charge < -0.3 is 0 Å². The highest BCUT2D eigenvalue weighted by Crippen LogP contribution is 2.60. The lowest BCUT2D eigenvalue weighted by atomic mass is 9.82. The molecule has 270 valence electrons. The number of hydrogen-bond acceptors (Lipinski definition) is 12. The first-order chi connectivity index (χ1) is 25.7. The number of hydrogen-bond donors (Lipinski definition) is 0. The molecule has 7 aromatic rings. The fraction of sp³-hybridized carbons (Fsp3) is 0.143. The highest BCUT2D eigenvalue weighted by molar-refractivity contribution is 7.21. The van der Waals surface area contributed by atoms with Crippen LogP contribution in [-0.2, 0) is 0 Å². The van der Waals surface area contributed by atoms with Crippen molar-refractivity contribution >= 4 is 103 Å². The first-order valence-corrected chi connectivity index (χ1v) is 21.5. The van der Waals surface area contributed by atoms with Crippen molar-refractivity contribution in [1.82, 2.24) is 0 Å². The molecule has 0 aliphatic carbocycles. The summed E-state index contributed by atoms with van der Waals surface area (Å²) in [6.07, 6.45) is 0. The fourth-order valence-electron chi connectivity index (χ4n) is 6.20. The van der Waals surface area contributed by atoms with Crippen LogP contribution in [0, 0.1) is 0 Å². The number of thiophene rings is 6. The molecule has 0 saturated carbocycles. The van der Waals surface area contributed by atoms with E-state index in [1.807, 2.05) is 72.8 Å². The van der Waals surface area contributed by atoms with Crippen LogP contribution in [-0.4, -0.2) is 34.7 Å². The Hall–Kier alpha value is -4.56. The molecule has 0 N–H and O–H groups in total. The Labute approximate surface area is 335 Å². The van der Waals surface area contributed by atoms with Crippen molar-refractivity contribution in [2.24, 2.45) is 0 Å². The van der Waals surface area contributed by atoms with E-state index in [-0.39, 0.29) is 34.7 Å². The van der Waals surface area contributed by atoms with Crippen molar-refractivity contribution in [2.45, 2.75) is 41.5 Å². The first kappa shape index (κ1) is 37.7. The van der Waals surface area contributed by atoms with Crippen molar-refractivity contribution in [3.63, 3.8) is 0 Å². The van der Waals surface area contributed by atoms with Gasteiger partial charge in [-0.1, -0.05) is 0 Å². The van der Waals surface area contributed by atoms with Crippen LogP contribution < -0.4 is 0 Å². The maximum absolute atomic E-state index is 12.8. The molecule has 0 bridgehead atoms. The third kappa shape index (κ3) is 6.94. The molecule has 7 rings (SSSR count). The Morgan fingerprint density at radius 3 is 0.481 bits per heavy atom. The summed E-state index contributed by atoms with van der Waals surface area (Å²) >= 11 is 8.15. The quantitative estimate of drug-likeness (QED) is 0.114. The Bertz CT molecular complexity index is 2200. The standard InChI is InChI=1S/C42H30O6S6/c1-19(43)25-7-13-31(49-25)37-38(32-14-8-26(50-32)20(2)44)40(34-16-10-28(52-34)22(4)46)42(36-18-12-30(54-36)24(6)48)41(35-17-11-29(53-35)23(5)47)39(37)33-15-9-27(51-33)21(3)45/h7-18H,1-6H3. The Kier molecular flexibility index (Phi) is 10.4. The monoisotopic (exact) mass is 822 g/mol. The van der Waals surface area contributed by atoms with Gasteiger partial charge >= 0.3 is 0 Å². The third-order valence-electron chi connectivity index (χ3n) is 8.70. The van der Waals surface area contributed by atoms with Gasteiger partial charge in [0.2, 0.25) is 0 Å². The van der Waals surface area contributed by atoms with Gasteiger partial charge in [-0.3, -0.25) is 28.8 Å². The van der Waals surface area contributed by atoms with E-state index in [0.717, 1.165) is 62.6 Å². The lowest BCUT2D eigenvalue weighted by Gasteiger charge is -2.25. The average Bonchev–Trinajstić information content (AvgIpc) is 3.98. The summed E-state index contributed by atoms with van der Waals surface area (Å²) in [6.45, 7) is 9.18. The van der Waals surface area contributed by atoms with Gasteiger partial charge in [0.1, 0.15) is 0 Å². The number of carbonyl (C=O) groups is 6. The molecule has 0 unspecified atom stereocenters. The third-order valence-corrected chi connectivity index (χ3v) is 15.9. The zero-order valence-corrected chi connectivity index (χ0v) is 34.7. The topological polar surface area (TPSA) is 102 Å².